The highest BCUT2D eigenvalue weighted by molar-refractivity contribution is 6.62. The second-order valence-corrected chi connectivity index (χ2v) is 7.06. The Balaban J connectivity index is 2.02. The van der Waals surface area contributed by atoms with Crippen LogP contribution in [-0.4, -0.2) is 18.3 Å². The van der Waals surface area contributed by atoms with Crippen LogP contribution in [0.1, 0.15) is 58.1 Å². The Labute approximate surface area is 120 Å². The van der Waals surface area contributed by atoms with Gasteiger partial charge in [0.2, 0.25) is 0 Å². The molecule has 0 bridgehead atoms. The molecule has 1 aliphatic carbocycles. The number of hydrogen-bond donors (Lipinski definition) is 0. The molecule has 0 aromatic heterocycles. The average Bonchev–Trinajstić information content (AvgIpc) is 2.80. The molecule has 2 aliphatic rings. The molecule has 3 rings (SSSR count). The van der Waals surface area contributed by atoms with Crippen LogP contribution in [0.15, 0.2) is 12.1 Å². The molecule has 4 heteroatoms. The highest BCUT2D eigenvalue weighted by atomic mass is 19.1. The fourth-order valence-corrected chi connectivity index (χ4v) is 3.16. The fraction of sp³-hybridized carbons (Fsp3) is 0.625. The maximum Gasteiger partial charge on any atom is 0.495 e. The molecule has 1 aromatic carbocycles. The Morgan fingerprint density at radius 3 is 2.35 bits per heavy atom. The first-order valence-corrected chi connectivity index (χ1v) is 7.40. The van der Waals surface area contributed by atoms with Gasteiger partial charge < -0.3 is 9.31 Å². The Hall–Kier alpha value is -0.865. The third-order valence-corrected chi connectivity index (χ3v) is 5.17. The van der Waals surface area contributed by atoms with E-state index in [4.69, 9.17) is 9.31 Å². The molecule has 1 aliphatic heterocycles. The third-order valence-electron chi connectivity index (χ3n) is 5.17. The van der Waals surface area contributed by atoms with Crippen LogP contribution in [0.4, 0.5) is 4.39 Å². The van der Waals surface area contributed by atoms with Gasteiger partial charge in [-0.1, -0.05) is 13.0 Å². The molecule has 0 saturated carbocycles. The molecule has 108 valence electrons. The van der Waals surface area contributed by atoms with E-state index in [1.54, 1.807) is 6.07 Å². The van der Waals surface area contributed by atoms with Gasteiger partial charge in [-0.2, -0.15) is 0 Å². The topological polar surface area (TPSA) is 18.5 Å². The zero-order valence-electron chi connectivity index (χ0n) is 12.9. The summed E-state index contributed by atoms with van der Waals surface area (Å²) in [6, 6.07) is 3.38. The monoisotopic (exact) mass is 276 g/mol. The molecule has 0 amide bonds. The summed E-state index contributed by atoms with van der Waals surface area (Å²) < 4.78 is 26.2. The van der Waals surface area contributed by atoms with Crippen molar-refractivity contribution >= 4 is 12.6 Å². The van der Waals surface area contributed by atoms with E-state index < -0.39 is 0 Å². The largest absolute Gasteiger partial charge is 0.495 e. The third kappa shape index (κ3) is 1.93. The normalized spacial score (nSPS) is 26.9. The minimum atomic E-state index is -0.389. The maximum atomic E-state index is 14.0. The van der Waals surface area contributed by atoms with Gasteiger partial charge in [-0.25, -0.2) is 4.39 Å². The molecule has 2 nitrogen and oxygen atoms in total. The van der Waals surface area contributed by atoms with E-state index in [1.165, 1.54) is 0 Å². The average molecular weight is 276 g/mol. The summed E-state index contributed by atoms with van der Waals surface area (Å²) in [6.45, 7) is 10.3. The Morgan fingerprint density at radius 2 is 1.75 bits per heavy atom. The van der Waals surface area contributed by atoms with Crippen LogP contribution in [0.3, 0.4) is 0 Å². The van der Waals surface area contributed by atoms with E-state index in [0.717, 1.165) is 29.4 Å². The highest BCUT2D eigenvalue weighted by Crippen LogP contribution is 2.39. The SMILES string of the molecule is CC1CCc2c(B3OC(C)(C)C(C)(C)O3)ccc(F)c21. The molecule has 1 saturated heterocycles. The molecule has 0 spiro atoms. The first kappa shape index (κ1) is 14.1. The van der Waals surface area contributed by atoms with Gasteiger partial charge >= 0.3 is 7.12 Å². The minimum absolute atomic E-state index is 0.0923. The minimum Gasteiger partial charge on any atom is -0.399 e. The number of hydrogen-bond acceptors (Lipinski definition) is 2. The number of rotatable bonds is 1. The van der Waals surface area contributed by atoms with Crippen molar-refractivity contribution in [2.45, 2.75) is 64.6 Å². The van der Waals surface area contributed by atoms with Gasteiger partial charge in [0.05, 0.1) is 11.2 Å². The van der Waals surface area contributed by atoms with Crippen molar-refractivity contribution in [2.75, 3.05) is 0 Å². The van der Waals surface area contributed by atoms with Crippen LogP contribution < -0.4 is 5.46 Å². The van der Waals surface area contributed by atoms with E-state index in [0.29, 0.717) is 0 Å². The molecule has 0 radical (unpaired) electrons. The lowest BCUT2D eigenvalue weighted by Crippen LogP contribution is -2.41. The lowest BCUT2D eigenvalue weighted by molar-refractivity contribution is 0.00578. The van der Waals surface area contributed by atoms with Gasteiger partial charge in [0.1, 0.15) is 5.82 Å². The molecule has 1 atom stereocenters. The van der Waals surface area contributed by atoms with Crippen molar-refractivity contribution in [3.05, 3.63) is 29.1 Å². The van der Waals surface area contributed by atoms with E-state index in [9.17, 15) is 4.39 Å². The van der Waals surface area contributed by atoms with E-state index in [-0.39, 0.29) is 30.1 Å². The fourth-order valence-electron chi connectivity index (χ4n) is 3.16. The molecule has 1 heterocycles. The van der Waals surface area contributed by atoms with Crippen LogP contribution in [0.2, 0.25) is 0 Å². The van der Waals surface area contributed by atoms with Crippen LogP contribution in [0.5, 0.6) is 0 Å². The molecular weight excluding hydrogens is 254 g/mol. The summed E-state index contributed by atoms with van der Waals surface area (Å²) in [6.07, 6.45) is 1.91. The zero-order chi connectivity index (χ0) is 14.7. The number of halogens is 1. The zero-order valence-corrected chi connectivity index (χ0v) is 12.9. The van der Waals surface area contributed by atoms with E-state index in [2.05, 4.69) is 6.92 Å². The van der Waals surface area contributed by atoms with E-state index in [1.807, 2.05) is 33.8 Å². The van der Waals surface area contributed by atoms with E-state index >= 15 is 0 Å². The summed E-state index contributed by atoms with van der Waals surface area (Å²) in [4.78, 5) is 0. The van der Waals surface area contributed by atoms with Crippen molar-refractivity contribution in [1.82, 2.24) is 0 Å². The molecule has 1 fully saturated rings. The molecule has 0 N–H and O–H groups in total. The van der Waals surface area contributed by atoms with Crippen molar-refractivity contribution < 1.29 is 13.7 Å². The predicted octanol–water partition coefficient (Wildman–Crippen LogP) is 3.17. The van der Waals surface area contributed by atoms with Gasteiger partial charge in [-0.15, -0.1) is 0 Å². The lowest BCUT2D eigenvalue weighted by atomic mass is 9.74. The smallest absolute Gasteiger partial charge is 0.399 e. The first-order chi connectivity index (χ1) is 9.23. The number of benzene rings is 1. The Morgan fingerprint density at radius 1 is 1.15 bits per heavy atom. The van der Waals surface area contributed by atoms with Gasteiger partial charge in [0.15, 0.2) is 0 Å². The second kappa shape index (κ2) is 4.31. The summed E-state index contributed by atoms with van der Waals surface area (Å²) in [5.74, 6) is 0.192. The Bertz CT molecular complexity index is 538. The second-order valence-electron chi connectivity index (χ2n) is 7.06. The van der Waals surface area contributed by atoms with Crippen molar-refractivity contribution in [3.8, 4) is 0 Å². The summed E-state index contributed by atoms with van der Waals surface area (Å²) >= 11 is 0. The van der Waals surface area contributed by atoms with Gasteiger partial charge in [-0.3, -0.25) is 0 Å². The van der Waals surface area contributed by atoms with Crippen molar-refractivity contribution in [1.29, 1.82) is 0 Å². The van der Waals surface area contributed by atoms with Gasteiger partial charge in [0.25, 0.3) is 0 Å². The first-order valence-electron chi connectivity index (χ1n) is 7.40. The standard InChI is InChI=1S/C16H22BFO2/c1-10-6-7-11-12(8-9-13(18)14(10)11)17-19-15(2,3)16(4,5)20-17/h8-10H,6-7H2,1-5H3. The molecular formula is C16H22BFO2. The predicted molar refractivity (Wildman–Crippen MR) is 78.9 cm³/mol. The number of fused-ring (bicyclic) bond motifs is 1. The van der Waals surface area contributed by atoms with Crippen LogP contribution >= 0.6 is 0 Å². The summed E-state index contributed by atoms with van der Waals surface area (Å²) in [5.41, 5.74) is 2.24. The van der Waals surface area contributed by atoms with Crippen molar-refractivity contribution in [3.63, 3.8) is 0 Å². The summed E-state index contributed by atoms with van der Waals surface area (Å²) in [5, 5.41) is 0. The highest BCUT2D eigenvalue weighted by Gasteiger charge is 2.52. The van der Waals surface area contributed by atoms with Crippen LogP contribution in [0.25, 0.3) is 0 Å². The molecule has 1 unspecified atom stereocenters. The van der Waals surface area contributed by atoms with Crippen LogP contribution in [0, 0.1) is 5.82 Å². The van der Waals surface area contributed by atoms with Gasteiger partial charge in [0, 0.05) is 0 Å². The van der Waals surface area contributed by atoms with Crippen molar-refractivity contribution in [2.24, 2.45) is 0 Å². The molecule has 1 aromatic rings. The Kier molecular flexibility index (Phi) is 3.04. The maximum absolute atomic E-state index is 14.0. The van der Waals surface area contributed by atoms with Gasteiger partial charge in [-0.05, 0) is 69.1 Å². The lowest BCUT2D eigenvalue weighted by Gasteiger charge is -2.32. The molecule has 20 heavy (non-hydrogen) atoms. The quantitative estimate of drug-likeness (QED) is 0.733. The summed E-state index contributed by atoms with van der Waals surface area (Å²) in [7, 11) is -0.389. The van der Waals surface area contributed by atoms with Crippen LogP contribution in [-0.2, 0) is 15.7 Å².